The Morgan fingerprint density at radius 2 is 1.96 bits per heavy atom. The summed E-state index contributed by atoms with van der Waals surface area (Å²) in [6.45, 7) is 1.05. The topological polar surface area (TPSA) is 78.6 Å². The first-order valence-corrected chi connectivity index (χ1v) is 9.38. The Labute approximate surface area is 152 Å². The van der Waals surface area contributed by atoms with Crippen molar-refractivity contribution in [3.8, 4) is 11.3 Å². The molecule has 6 nitrogen and oxygen atoms in total. The lowest BCUT2D eigenvalue weighted by Crippen LogP contribution is -2.47. The number of hydrogen-bond donors (Lipinski definition) is 2. The van der Waals surface area contributed by atoms with E-state index in [1.807, 2.05) is 18.6 Å². The Balaban J connectivity index is 1.45. The molecule has 1 spiro atoms. The van der Waals surface area contributed by atoms with Crippen LogP contribution < -0.4 is 0 Å². The van der Waals surface area contributed by atoms with Gasteiger partial charge in [-0.1, -0.05) is 24.3 Å². The van der Waals surface area contributed by atoms with Crippen molar-refractivity contribution >= 4 is 6.09 Å². The first kappa shape index (κ1) is 15.9. The number of nitrogens with zero attached hydrogens (tertiary/aromatic N) is 3. The minimum atomic E-state index is -0.850. The summed E-state index contributed by atoms with van der Waals surface area (Å²) in [6.07, 6.45) is 5.96. The van der Waals surface area contributed by atoms with Crippen LogP contribution in [0.4, 0.5) is 4.79 Å². The zero-order chi connectivity index (χ0) is 17.9. The van der Waals surface area contributed by atoms with Crippen molar-refractivity contribution < 1.29 is 15.0 Å². The van der Waals surface area contributed by atoms with Gasteiger partial charge in [0.1, 0.15) is 0 Å². The average Bonchev–Trinajstić information content (AvgIpc) is 3.31. The lowest BCUT2D eigenvalue weighted by atomic mass is 9.73. The number of aromatic nitrogens is 2. The van der Waals surface area contributed by atoms with Crippen molar-refractivity contribution in [1.29, 1.82) is 0 Å². The maximum Gasteiger partial charge on any atom is 0.407 e. The molecule has 2 aromatic rings. The van der Waals surface area contributed by atoms with Crippen molar-refractivity contribution in [3.63, 3.8) is 0 Å². The minimum absolute atomic E-state index is 0.121. The first-order valence-electron chi connectivity index (χ1n) is 9.38. The molecule has 2 fully saturated rings. The van der Waals surface area contributed by atoms with E-state index >= 15 is 0 Å². The fourth-order valence-electron chi connectivity index (χ4n) is 5.54. The normalized spacial score (nSPS) is 29.0. The van der Waals surface area contributed by atoms with Crippen LogP contribution in [0.1, 0.15) is 37.3 Å². The van der Waals surface area contributed by atoms with E-state index in [-0.39, 0.29) is 17.4 Å². The van der Waals surface area contributed by atoms with Gasteiger partial charge >= 0.3 is 6.09 Å². The van der Waals surface area contributed by atoms with Gasteiger partial charge in [0.05, 0.1) is 30.4 Å². The summed E-state index contributed by atoms with van der Waals surface area (Å²) < 4.78 is 2.21. The molecule has 1 aliphatic carbocycles. The summed E-state index contributed by atoms with van der Waals surface area (Å²) in [6, 6.07) is 8.53. The number of hydrogen-bond acceptors (Lipinski definition) is 3. The van der Waals surface area contributed by atoms with Crippen LogP contribution in [0.15, 0.2) is 36.8 Å². The van der Waals surface area contributed by atoms with Crippen LogP contribution >= 0.6 is 0 Å². The monoisotopic (exact) mass is 353 g/mol. The molecule has 3 aliphatic rings. The standard InChI is InChI=1S/C20H23N3O3/c24-18-15(5-6-20(18)7-9-22(10-8-20)19(25)26)17-14-4-2-1-3-13(14)16-11-21-12-23(16)17/h1-4,11-12,15,17-18,24H,5-10H2,(H,25,26)/t15-,17-,18-/m0/s1. The van der Waals surface area contributed by atoms with Crippen molar-refractivity contribution in [2.75, 3.05) is 13.1 Å². The predicted octanol–water partition coefficient (Wildman–Crippen LogP) is 2.98. The Hall–Kier alpha value is -2.34. The maximum atomic E-state index is 11.3. The highest BCUT2D eigenvalue weighted by Crippen LogP contribution is 2.55. The maximum absolute atomic E-state index is 11.3. The van der Waals surface area contributed by atoms with Crippen LogP contribution in [0.3, 0.4) is 0 Å². The van der Waals surface area contributed by atoms with E-state index in [4.69, 9.17) is 0 Å². The highest BCUT2D eigenvalue weighted by atomic mass is 16.4. The van der Waals surface area contributed by atoms with Gasteiger partial charge in [-0.25, -0.2) is 9.78 Å². The van der Waals surface area contributed by atoms with E-state index in [0.717, 1.165) is 31.4 Å². The van der Waals surface area contributed by atoms with Gasteiger partial charge in [0.2, 0.25) is 0 Å². The van der Waals surface area contributed by atoms with Gasteiger partial charge in [0, 0.05) is 30.0 Å². The van der Waals surface area contributed by atoms with Crippen LogP contribution in [0.2, 0.25) is 0 Å². The molecule has 0 bridgehead atoms. The number of aliphatic hydroxyl groups excluding tert-OH is 1. The molecule has 1 saturated carbocycles. The Morgan fingerprint density at radius 3 is 2.73 bits per heavy atom. The summed E-state index contributed by atoms with van der Waals surface area (Å²) >= 11 is 0. The zero-order valence-corrected chi connectivity index (χ0v) is 14.6. The number of carbonyl (C=O) groups is 1. The van der Waals surface area contributed by atoms with E-state index < -0.39 is 12.2 Å². The second kappa shape index (κ2) is 5.58. The quantitative estimate of drug-likeness (QED) is 0.826. The highest BCUT2D eigenvalue weighted by Gasteiger charge is 2.53. The highest BCUT2D eigenvalue weighted by molar-refractivity contribution is 5.69. The first-order chi connectivity index (χ1) is 12.6. The molecule has 1 aromatic carbocycles. The Bertz CT molecular complexity index is 853. The third kappa shape index (κ3) is 2.08. The lowest BCUT2D eigenvalue weighted by Gasteiger charge is -2.42. The number of fused-ring (bicyclic) bond motifs is 3. The molecule has 5 rings (SSSR count). The van der Waals surface area contributed by atoms with Gasteiger partial charge in [-0.05, 0) is 31.2 Å². The average molecular weight is 353 g/mol. The van der Waals surface area contributed by atoms with Crippen molar-refractivity contribution in [1.82, 2.24) is 14.5 Å². The summed E-state index contributed by atoms with van der Waals surface area (Å²) in [5, 5.41) is 20.5. The van der Waals surface area contributed by atoms with Crippen LogP contribution in [-0.2, 0) is 0 Å². The van der Waals surface area contributed by atoms with E-state index in [9.17, 15) is 15.0 Å². The molecule has 1 amide bonds. The fraction of sp³-hybridized carbons (Fsp3) is 0.500. The molecular weight excluding hydrogens is 330 g/mol. The lowest BCUT2D eigenvalue weighted by molar-refractivity contribution is -0.0227. The number of aliphatic hydroxyl groups is 1. The van der Waals surface area contributed by atoms with Crippen LogP contribution in [0, 0.1) is 11.3 Å². The van der Waals surface area contributed by atoms with E-state index in [1.165, 1.54) is 16.0 Å². The van der Waals surface area contributed by atoms with Gasteiger partial charge < -0.3 is 19.7 Å². The summed E-state index contributed by atoms with van der Waals surface area (Å²) in [7, 11) is 0. The van der Waals surface area contributed by atoms with Gasteiger partial charge in [0.15, 0.2) is 0 Å². The SMILES string of the molecule is O=C(O)N1CCC2(CC[C@@H]([C@@H]3c4ccccc4-c4cncn43)[C@@H]2O)CC1. The molecule has 6 heteroatoms. The second-order valence-electron chi connectivity index (χ2n) is 8.00. The van der Waals surface area contributed by atoms with Gasteiger partial charge in [-0.3, -0.25) is 0 Å². The third-order valence-corrected chi connectivity index (χ3v) is 6.96. The van der Waals surface area contributed by atoms with Crippen LogP contribution in [-0.4, -0.2) is 50.0 Å². The molecule has 26 heavy (non-hydrogen) atoms. The number of likely N-dealkylation sites (tertiary alicyclic amines) is 1. The molecule has 1 aromatic heterocycles. The van der Waals surface area contributed by atoms with Gasteiger partial charge in [0.25, 0.3) is 0 Å². The molecule has 3 atom stereocenters. The second-order valence-corrected chi connectivity index (χ2v) is 8.00. The van der Waals surface area contributed by atoms with Crippen molar-refractivity contribution in [2.24, 2.45) is 11.3 Å². The van der Waals surface area contributed by atoms with Crippen molar-refractivity contribution in [2.45, 2.75) is 37.8 Å². The fourth-order valence-corrected chi connectivity index (χ4v) is 5.54. The molecule has 2 aliphatic heterocycles. The van der Waals surface area contributed by atoms with Gasteiger partial charge in [-0.15, -0.1) is 0 Å². The number of benzene rings is 1. The summed E-state index contributed by atoms with van der Waals surface area (Å²) in [5.74, 6) is 0.142. The van der Waals surface area contributed by atoms with Crippen LogP contribution in [0.25, 0.3) is 11.3 Å². The number of imidazole rings is 1. The summed E-state index contributed by atoms with van der Waals surface area (Å²) in [4.78, 5) is 17.0. The van der Waals surface area contributed by atoms with Crippen molar-refractivity contribution in [3.05, 3.63) is 42.4 Å². The van der Waals surface area contributed by atoms with Gasteiger partial charge in [-0.2, -0.15) is 0 Å². The molecule has 3 heterocycles. The van der Waals surface area contributed by atoms with E-state index in [0.29, 0.717) is 13.1 Å². The molecule has 0 radical (unpaired) electrons. The Morgan fingerprint density at radius 1 is 1.19 bits per heavy atom. The zero-order valence-electron chi connectivity index (χ0n) is 14.6. The Kier molecular flexibility index (Phi) is 3.41. The number of rotatable bonds is 1. The molecule has 136 valence electrons. The number of carboxylic acid groups (broad SMARTS) is 1. The largest absolute Gasteiger partial charge is 0.465 e. The molecular formula is C20H23N3O3. The molecule has 1 saturated heterocycles. The molecule has 2 N–H and O–H groups in total. The molecule has 0 unspecified atom stereocenters. The van der Waals surface area contributed by atoms with Crippen LogP contribution in [0.5, 0.6) is 0 Å². The number of amides is 1. The number of piperidine rings is 1. The van der Waals surface area contributed by atoms with E-state index in [1.54, 1.807) is 0 Å². The predicted molar refractivity (Wildman–Crippen MR) is 95.8 cm³/mol. The third-order valence-electron chi connectivity index (χ3n) is 6.96. The minimum Gasteiger partial charge on any atom is -0.465 e. The summed E-state index contributed by atoms with van der Waals surface area (Å²) in [5.41, 5.74) is 3.46. The smallest absolute Gasteiger partial charge is 0.407 e. The van der Waals surface area contributed by atoms with E-state index in [2.05, 4.69) is 27.8 Å².